The minimum Gasteiger partial charge on any atom is -0.478 e. The van der Waals surface area contributed by atoms with Crippen molar-refractivity contribution in [2.24, 2.45) is 0 Å². The lowest BCUT2D eigenvalue weighted by Crippen LogP contribution is -2.42. The largest absolute Gasteiger partial charge is 0.478 e. The highest BCUT2D eigenvalue weighted by Gasteiger charge is 2.30. The van der Waals surface area contributed by atoms with Crippen LogP contribution in [0.5, 0.6) is 5.75 Å². The third-order valence-corrected chi connectivity index (χ3v) is 4.53. The minimum atomic E-state index is -1.24. The number of aryl methyl sites for hydroxylation is 1. The molecule has 0 saturated heterocycles. The Morgan fingerprint density at radius 3 is 2.53 bits per heavy atom. The van der Waals surface area contributed by atoms with Crippen LogP contribution in [-0.4, -0.2) is 17.4 Å². The molecule has 8 heteroatoms. The second-order valence-electron chi connectivity index (χ2n) is 7.06. The number of amides is 2. The number of nitrogens with one attached hydrogen (secondary N) is 2. The van der Waals surface area contributed by atoms with Crippen molar-refractivity contribution in [1.82, 2.24) is 0 Å². The summed E-state index contributed by atoms with van der Waals surface area (Å²) < 4.78 is 25.0. The monoisotopic (exact) mass is 430 g/mol. The molecular formula is C22H20ClFN2O4. The van der Waals surface area contributed by atoms with Crippen LogP contribution in [0.4, 0.5) is 15.8 Å². The summed E-state index contributed by atoms with van der Waals surface area (Å²) in [6.45, 7) is 4.82. The predicted molar refractivity (Wildman–Crippen MR) is 113 cm³/mol. The van der Waals surface area contributed by atoms with Crippen LogP contribution in [0.2, 0.25) is 5.02 Å². The summed E-state index contributed by atoms with van der Waals surface area (Å²) in [5.41, 5.74) is -0.730. The Balaban J connectivity index is 1.73. The average molecular weight is 431 g/mol. The molecule has 1 heterocycles. The molecule has 0 radical (unpaired) electrons. The molecule has 2 amide bonds. The van der Waals surface area contributed by atoms with Crippen molar-refractivity contribution in [3.8, 4) is 5.75 Å². The Bertz CT molecular complexity index is 1090. The number of carbonyl (C=O) groups is 2. The van der Waals surface area contributed by atoms with Gasteiger partial charge in [0.25, 0.3) is 11.8 Å². The van der Waals surface area contributed by atoms with Gasteiger partial charge in [0.15, 0.2) is 5.60 Å². The molecule has 3 aromatic rings. The zero-order valence-corrected chi connectivity index (χ0v) is 17.3. The first kappa shape index (κ1) is 21.4. The number of benzene rings is 2. The fraction of sp³-hybridized carbons (Fsp3) is 0.182. The van der Waals surface area contributed by atoms with Gasteiger partial charge in [-0.3, -0.25) is 9.59 Å². The summed E-state index contributed by atoms with van der Waals surface area (Å²) >= 11 is 5.95. The van der Waals surface area contributed by atoms with Crippen LogP contribution >= 0.6 is 11.6 Å². The quantitative estimate of drug-likeness (QED) is 0.546. The predicted octanol–water partition coefficient (Wildman–Crippen LogP) is 5.43. The number of hydrogen-bond acceptors (Lipinski definition) is 4. The highest BCUT2D eigenvalue weighted by atomic mass is 35.5. The Morgan fingerprint density at radius 2 is 1.87 bits per heavy atom. The lowest BCUT2D eigenvalue weighted by Gasteiger charge is -2.25. The van der Waals surface area contributed by atoms with E-state index in [1.165, 1.54) is 24.5 Å². The van der Waals surface area contributed by atoms with Crippen LogP contribution in [0.1, 0.15) is 30.0 Å². The zero-order chi connectivity index (χ0) is 21.9. The van der Waals surface area contributed by atoms with Gasteiger partial charge < -0.3 is 19.8 Å². The third kappa shape index (κ3) is 4.99. The van der Waals surface area contributed by atoms with Crippen molar-refractivity contribution < 1.29 is 23.1 Å². The van der Waals surface area contributed by atoms with Crippen molar-refractivity contribution in [2.75, 3.05) is 10.6 Å². The van der Waals surface area contributed by atoms with Crippen molar-refractivity contribution in [2.45, 2.75) is 26.4 Å². The first-order chi connectivity index (χ1) is 14.2. The summed E-state index contributed by atoms with van der Waals surface area (Å²) in [6.07, 6.45) is 1.37. The van der Waals surface area contributed by atoms with E-state index in [1.54, 1.807) is 45.0 Å². The molecule has 0 aliphatic carbocycles. The Hall–Kier alpha value is -3.32. The lowest BCUT2D eigenvalue weighted by molar-refractivity contribution is -0.128. The molecule has 0 atom stereocenters. The highest BCUT2D eigenvalue weighted by Crippen LogP contribution is 2.25. The smallest absolute Gasteiger partial charge is 0.267 e. The van der Waals surface area contributed by atoms with Gasteiger partial charge in [-0.05, 0) is 63.2 Å². The molecule has 30 heavy (non-hydrogen) atoms. The molecule has 0 unspecified atom stereocenters. The molecule has 6 nitrogen and oxygen atoms in total. The van der Waals surface area contributed by atoms with Gasteiger partial charge >= 0.3 is 0 Å². The molecule has 0 spiro atoms. The number of ether oxygens (including phenoxy) is 1. The molecule has 0 aliphatic heterocycles. The minimum absolute atomic E-state index is 0.0769. The zero-order valence-electron chi connectivity index (χ0n) is 16.6. The summed E-state index contributed by atoms with van der Waals surface area (Å²) in [6, 6.07) is 12.0. The number of furan rings is 1. The van der Waals surface area contributed by atoms with Gasteiger partial charge in [0.1, 0.15) is 17.3 Å². The van der Waals surface area contributed by atoms with Crippen LogP contribution in [0, 0.1) is 12.7 Å². The summed E-state index contributed by atoms with van der Waals surface area (Å²) in [5.74, 6) is -0.773. The van der Waals surface area contributed by atoms with E-state index in [0.717, 1.165) is 6.07 Å². The van der Waals surface area contributed by atoms with E-state index in [1.807, 2.05) is 0 Å². The maximum atomic E-state index is 14.2. The molecule has 0 bridgehead atoms. The second kappa shape index (κ2) is 8.59. The SMILES string of the molecule is Cc1occc1C(=O)Nc1cc(NC(=O)C(C)(C)Oc2cccc(Cl)c2)ccc1F. The van der Waals surface area contributed by atoms with Crippen molar-refractivity contribution >= 4 is 34.8 Å². The molecule has 0 saturated carbocycles. The molecule has 3 rings (SSSR count). The first-order valence-corrected chi connectivity index (χ1v) is 9.44. The molecule has 0 aliphatic rings. The Morgan fingerprint density at radius 1 is 1.10 bits per heavy atom. The van der Waals surface area contributed by atoms with E-state index >= 15 is 0 Å². The van der Waals surface area contributed by atoms with Gasteiger partial charge in [-0.2, -0.15) is 0 Å². The average Bonchev–Trinajstić information content (AvgIpc) is 3.10. The lowest BCUT2D eigenvalue weighted by atomic mass is 10.1. The number of carbonyl (C=O) groups excluding carboxylic acids is 2. The van der Waals surface area contributed by atoms with Gasteiger partial charge in [-0.1, -0.05) is 17.7 Å². The summed E-state index contributed by atoms with van der Waals surface area (Å²) in [5, 5.41) is 5.63. The van der Waals surface area contributed by atoms with Crippen molar-refractivity contribution in [1.29, 1.82) is 0 Å². The van der Waals surface area contributed by atoms with E-state index in [0.29, 0.717) is 27.8 Å². The molecule has 156 valence electrons. The van der Waals surface area contributed by atoms with Crippen LogP contribution in [-0.2, 0) is 4.79 Å². The maximum Gasteiger partial charge on any atom is 0.267 e. The number of halogens is 2. The molecule has 1 aromatic heterocycles. The number of anilines is 2. The normalized spacial score (nSPS) is 11.1. The van der Waals surface area contributed by atoms with Gasteiger partial charge in [0.2, 0.25) is 0 Å². The molecule has 2 N–H and O–H groups in total. The number of hydrogen-bond donors (Lipinski definition) is 2. The van der Waals surface area contributed by atoms with E-state index in [2.05, 4.69) is 10.6 Å². The van der Waals surface area contributed by atoms with Gasteiger partial charge in [-0.15, -0.1) is 0 Å². The van der Waals surface area contributed by atoms with E-state index in [9.17, 15) is 14.0 Å². The van der Waals surface area contributed by atoms with Crippen LogP contribution in [0.15, 0.2) is 59.2 Å². The Kier molecular flexibility index (Phi) is 6.12. The van der Waals surface area contributed by atoms with E-state index in [-0.39, 0.29) is 5.69 Å². The second-order valence-corrected chi connectivity index (χ2v) is 7.50. The molecular weight excluding hydrogens is 411 g/mol. The fourth-order valence-electron chi connectivity index (χ4n) is 2.66. The van der Waals surface area contributed by atoms with Crippen molar-refractivity contribution in [3.05, 3.63) is 77.0 Å². The van der Waals surface area contributed by atoms with Crippen molar-refractivity contribution in [3.63, 3.8) is 0 Å². The van der Waals surface area contributed by atoms with Gasteiger partial charge in [0.05, 0.1) is 17.5 Å². The standard InChI is InChI=1S/C22H20ClFN2O4/c1-13-17(9-10-29-13)20(27)26-19-12-15(7-8-18(19)24)25-21(28)22(2,3)30-16-6-4-5-14(23)11-16/h4-12H,1-3H3,(H,25,28)(H,26,27). The van der Waals surface area contributed by atoms with Crippen LogP contribution < -0.4 is 15.4 Å². The summed E-state index contributed by atoms with van der Waals surface area (Å²) in [4.78, 5) is 25.0. The third-order valence-electron chi connectivity index (χ3n) is 4.29. The fourth-order valence-corrected chi connectivity index (χ4v) is 2.84. The highest BCUT2D eigenvalue weighted by molar-refractivity contribution is 6.30. The first-order valence-electron chi connectivity index (χ1n) is 9.07. The number of rotatable bonds is 6. The maximum absolute atomic E-state index is 14.2. The van der Waals surface area contributed by atoms with E-state index < -0.39 is 23.2 Å². The van der Waals surface area contributed by atoms with Gasteiger partial charge in [0, 0.05) is 10.7 Å². The van der Waals surface area contributed by atoms with Crippen LogP contribution in [0.25, 0.3) is 0 Å². The molecule has 0 fully saturated rings. The van der Waals surface area contributed by atoms with Crippen LogP contribution in [0.3, 0.4) is 0 Å². The van der Waals surface area contributed by atoms with Gasteiger partial charge in [-0.25, -0.2) is 4.39 Å². The van der Waals surface area contributed by atoms with E-state index in [4.69, 9.17) is 20.8 Å². The molecule has 2 aromatic carbocycles. The Labute approximate surface area is 178 Å². The topological polar surface area (TPSA) is 80.6 Å². The summed E-state index contributed by atoms with van der Waals surface area (Å²) in [7, 11) is 0.